The van der Waals surface area contributed by atoms with Crippen LogP contribution < -0.4 is 55.3 Å². The highest BCUT2D eigenvalue weighted by Crippen LogP contribution is 2.31. The van der Waals surface area contributed by atoms with Crippen LogP contribution in [0.3, 0.4) is 0 Å². The second-order valence-electron chi connectivity index (χ2n) is 29.9. The van der Waals surface area contributed by atoms with E-state index in [1.807, 2.05) is 138 Å². The second-order valence-corrected chi connectivity index (χ2v) is 29.9. The van der Waals surface area contributed by atoms with E-state index in [1.165, 1.54) is 24.8 Å². The molecule has 0 bridgehead atoms. The van der Waals surface area contributed by atoms with Crippen LogP contribution in [-0.4, -0.2) is 179 Å². The molecule has 0 aliphatic heterocycles. The van der Waals surface area contributed by atoms with Gasteiger partial charge in [0.1, 0.15) is 56.9 Å². The maximum Gasteiger partial charge on any atom is 0.390 e. The van der Waals surface area contributed by atoms with Crippen LogP contribution in [0.15, 0.2) is 147 Å². The number of hydrogen-bond donors (Lipinski definition) is 15. The fourth-order valence-electron chi connectivity index (χ4n) is 13.3. The fraction of sp³-hybridized carbons (Fsp3) is 0.244. The average molecular weight is 1750 g/mol. The largest absolute Gasteiger partial charge is 0.390 e. The quantitative estimate of drug-likeness (QED) is 0.0334. The maximum absolute atomic E-state index is 12.4. The molecule has 0 spiro atoms. The number of ether oxygens (including phenoxy) is 1. The molecule has 0 radical (unpaired) electrons. The summed E-state index contributed by atoms with van der Waals surface area (Å²) in [6.07, 6.45) is 12.0. The number of rotatable bonds is 19. The number of imidazole rings is 5. The van der Waals surface area contributed by atoms with Crippen molar-refractivity contribution in [1.82, 2.24) is 131 Å². The first-order chi connectivity index (χ1) is 60.6. The molecule has 5 amide bonds. The minimum atomic E-state index is -4.35. The number of amides is 5. The van der Waals surface area contributed by atoms with Crippen molar-refractivity contribution in [2.75, 3.05) is 55.5 Å². The van der Waals surface area contributed by atoms with Crippen LogP contribution in [0, 0.1) is 34.6 Å². The molecule has 11 aromatic heterocycles. The third-order valence-electron chi connectivity index (χ3n) is 20.1. The van der Waals surface area contributed by atoms with Crippen LogP contribution in [0.2, 0.25) is 0 Å². The summed E-state index contributed by atoms with van der Waals surface area (Å²) in [4.78, 5) is 145. The molecule has 2 aliphatic rings. The lowest BCUT2D eigenvalue weighted by molar-refractivity contribution is -0.133. The predicted molar refractivity (Wildman–Crippen MR) is 507 cm³/mol. The number of nitrogens with zero attached hydrogens (tertiary/aromatic N) is 16. The number of aromatic amines is 5. The number of aromatic nitrogens is 21. The first-order valence-corrected chi connectivity index (χ1v) is 40.0. The van der Waals surface area contributed by atoms with Crippen LogP contribution in [0.1, 0.15) is 163 Å². The molecular weight excluding hydrogens is 1620 g/mol. The van der Waals surface area contributed by atoms with Crippen molar-refractivity contribution in [3.05, 3.63) is 208 Å². The number of H-pyrrole nitrogens is 5. The highest BCUT2D eigenvalue weighted by atomic mass is 19.4. The van der Waals surface area contributed by atoms with Gasteiger partial charge in [-0.3, -0.25) is 29.0 Å². The molecule has 0 atom stereocenters. The van der Waals surface area contributed by atoms with Gasteiger partial charge in [-0.1, -0.05) is 49.2 Å². The van der Waals surface area contributed by atoms with E-state index < -0.39 is 25.0 Å². The van der Waals surface area contributed by atoms with E-state index in [0.717, 1.165) is 134 Å². The lowest BCUT2D eigenvalue weighted by atomic mass is 9.93. The van der Waals surface area contributed by atoms with Gasteiger partial charge in [0.05, 0.1) is 99.2 Å². The Balaban J connectivity index is -0.000000542. The summed E-state index contributed by atoms with van der Waals surface area (Å²) in [5.74, 6) is 1.35. The molecule has 5 aromatic carbocycles. The van der Waals surface area contributed by atoms with Crippen molar-refractivity contribution in [2.24, 2.45) is 0 Å². The lowest BCUT2D eigenvalue weighted by Gasteiger charge is -2.26. The molecule has 2 aliphatic carbocycles. The van der Waals surface area contributed by atoms with Crippen molar-refractivity contribution >= 4 is 114 Å². The number of carbonyl (C=O) groups excluding carboxylic acids is 5. The van der Waals surface area contributed by atoms with Gasteiger partial charge in [0.15, 0.2) is 58.2 Å². The predicted octanol–water partition coefficient (Wildman–Crippen LogP) is 15.3. The van der Waals surface area contributed by atoms with E-state index in [9.17, 15) is 37.1 Å². The first-order valence-electron chi connectivity index (χ1n) is 40.0. The Kier molecular flexibility index (Phi) is 26.4. The van der Waals surface area contributed by atoms with Crippen molar-refractivity contribution in [3.63, 3.8) is 0 Å². The second kappa shape index (κ2) is 38.4. The molecule has 2 fully saturated rings. The Morgan fingerprint density at radius 1 is 0.397 bits per heavy atom. The van der Waals surface area contributed by atoms with E-state index in [-0.39, 0.29) is 125 Å². The smallest absolute Gasteiger partial charge is 0.383 e. The fourth-order valence-corrected chi connectivity index (χ4v) is 13.3. The van der Waals surface area contributed by atoms with Crippen molar-refractivity contribution in [1.29, 1.82) is 0 Å². The molecule has 40 heteroatoms. The van der Waals surface area contributed by atoms with E-state index >= 15 is 0 Å². The Hall–Kier alpha value is -15.9. The standard InChI is InChI=1S/C19H17N7O.C18H20N6O.C17H18N6O.C16H15F3N6O.C16H18N6O2.18H2/c1-11-4-5-13-14(7-11)26-18(25-13)16-17(20)22-10-15(24-16)19(27)23-9-12-3-2-6-21-8-12;1-10-6-7-12-13(8-10)24-17(23-12)15-16(19)20-9-14(22-15)18(25)21-11-4-2-3-5-11;1-9-5-6-11-12(7-9)23-16(22-11)14-15(18)19-8-13(21-14)17(24)20-10-3-2-4-10;1-8-2-3-9-10(6-8)25-14(24-9)12-13(20)22-7-11(23-12)15(26)21-5-4-16(17,18)19;1-9-3-4-10-11(7-9)22-15(21-10)13-14(17)19-8-12(20-13)16(23)18-5-6-24-2;;;;;;;;;;;;;;;;;;/h2-8,10H,9H2,1H3,(H2,20,22)(H,23,27)(H,25,26);6-9,11H,2-5H2,1H3,(H2,19,20)(H,21,25)(H,23,24);5-8,10H,2-4H2,1H3,(H2,18,19)(H,20,24)(H,22,23);2-3,6-7H,4-5H2,1H3,(H2,20,22)(H,21,26)(H,24,25);3-4,7-8H,5-6H2,1-2H3,(H2,17,19)(H,18,23)(H,21,22);18*1H. The molecule has 0 saturated heterocycles. The molecule has 680 valence electrons. The third-order valence-corrected chi connectivity index (χ3v) is 20.1. The number of nitrogens with two attached hydrogens (primary N) is 5. The molecule has 126 heavy (non-hydrogen) atoms. The molecule has 2 saturated carbocycles. The zero-order valence-corrected chi connectivity index (χ0v) is 69.1. The number of benzene rings is 5. The van der Waals surface area contributed by atoms with Gasteiger partial charge in [0.25, 0.3) is 29.5 Å². The number of alkyl halides is 3. The summed E-state index contributed by atoms with van der Waals surface area (Å²) in [7, 11) is 1.57. The van der Waals surface area contributed by atoms with Crippen LogP contribution in [0.4, 0.5) is 42.3 Å². The SMILES string of the molecule is COCCNC(=O)c1cnc(N)c(-c2nc3ccc(C)cc3[nH]2)n1.Cc1ccc2nc(-c3nc(C(=O)NC4CCC4)cnc3N)[nH]c2c1.Cc1ccc2nc(-c3nc(C(=O)NC4CCCC4)cnc3N)[nH]c2c1.Cc1ccc2nc(-c3nc(C(=O)NCCC(F)(F)F)cnc3N)[nH]c2c1.Cc1ccc2nc(-c3nc(C(=O)NCc4cccnc4)cnc3N)[nH]c2c1.[HH].[HH].[HH].[HH].[HH].[HH].[HH].[HH].[HH].[HH].[HH].[HH].[HH].[HH].[HH].[HH].[HH].[HH]. The molecule has 20 N–H and O–H groups in total. The third kappa shape index (κ3) is 21.5. The van der Waals surface area contributed by atoms with Crippen LogP contribution in [-0.2, 0) is 11.3 Å². The Labute approximate surface area is 742 Å². The number of carbonyl (C=O) groups is 5. The molecule has 11 heterocycles. The summed E-state index contributed by atoms with van der Waals surface area (Å²) in [6, 6.07) is 33.4. The van der Waals surface area contributed by atoms with Gasteiger partial charge in [0.2, 0.25) is 0 Å². The zero-order chi connectivity index (χ0) is 88.9. The average Bonchev–Trinajstić information content (AvgIpc) is 1.65. The molecule has 18 rings (SSSR count). The number of hydrogen-bond acceptors (Lipinski definition) is 27. The topological polar surface area (TPSA) is 570 Å². The Morgan fingerprint density at radius 3 is 0.968 bits per heavy atom. The maximum atomic E-state index is 12.4. The Bertz CT molecular complexity index is 6780. The first kappa shape index (κ1) is 86.5. The van der Waals surface area contributed by atoms with Gasteiger partial charge in [0, 0.05) is 76.9 Å². The number of aryl methyl sites for hydroxylation is 5. The normalized spacial score (nSPS) is 12.5. The zero-order valence-electron chi connectivity index (χ0n) is 69.1. The van der Waals surface area contributed by atoms with Crippen LogP contribution in [0.5, 0.6) is 0 Å². The minimum absolute atomic E-state index is 0. The summed E-state index contributed by atoms with van der Waals surface area (Å²) in [5.41, 5.74) is 46.6. The van der Waals surface area contributed by atoms with Crippen molar-refractivity contribution < 1.29 is 67.6 Å². The van der Waals surface area contributed by atoms with Gasteiger partial charge in [-0.2, -0.15) is 13.2 Å². The number of nitrogen functional groups attached to an aromatic ring is 5. The van der Waals surface area contributed by atoms with E-state index in [2.05, 4.69) is 131 Å². The number of methoxy groups -OCH3 is 1. The van der Waals surface area contributed by atoms with E-state index in [1.54, 1.807) is 19.5 Å². The van der Waals surface area contributed by atoms with Gasteiger partial charge in [-0.25, -0.2) is 74.8 Å². The molecular formula is C86H124F3N31O6. The van der Waals surface area contributed by atoms with E-state index in [4.69, 9.17) is 33.4 Å². The van der Waals surface area contributed by atoms with Gasteiger partial charge in [-0.05, 0) is 167 Å². The van der Waals surface area contributed by atoms with E-state index in [0.29, 0.717) is 77.1 Å². The Morgan fingerprint density at radius 2 is 0.690 bits per heavy atom. The molecule has 37 nitrogen and oxygen atoms in total. The van der Waals surface area contributed by atoms with Crippen LogP contribution in [0.25, 0.3) is 113 Å². The number of nitrogens with one attached hydrogen (secondary N) is 10. The number of halogens is 3. The summed E-state index contributed by atoms with van der Waals surface area (Å²) in [5, 5.41) is 13.6. The van der Waals surface area contributed by atoms with Crippen molar-refractivity contribution in [3.8, 4) is 57.6 Å². The highest BCUT2D eigenvalue weighted by molar-refractivity contribution is 5.97. The summed E-state index contributed by atoms with van der Waals surface area (Å²) >= 11 is 0. The summed E-state index contributed by atoms with van der Waals surface area (Å²) < 4.78 is 41.4. The lowest BCUT2D eigenvalue weighted by Crippen LogP contribution is -2.39. The van der Waals surface area contributed by atoms with Crippen molar-refractivity contribution in [2.45, 2.75) is 111 Å². The van der Waals surface area contributed by atoms with Gasteiger partial charge >= 0.3 is 6.18 Å². The minimum Gasteiger partial charge on any atom is -0.383 e. The monoisotopic (exact) mass is 1740 g/mol. The number of pyridine rings is 1. The van der Waals surface area contributed by atoms with Gasteiger partial charge < -0.3 is 84.9 Å². The van der Waals surface area contributed by atoms with Gasteiger partial charge in [-0.15, -0.1) is 0 Å². The highest BCUT2D eigenvalue weighted by Gasteiger charge is 2.29. The number of fused-ring (bicyclic) bond motifs is 5. The molecule has 16 aromatic rings. The molecule has 0 unspecified atom stereocenters. The summed E-state index contributed by atoms with van der Waals surface area (Å²) in [6.45, 7) is 10.6. The van der Waals surface area contributed by atoms with Crippen LogP contribution >= 0.6 is 0 Å². The number of anilines is 5.